The lowest BCUT2D eigenvalue weighted by Crippen LogP contribution is -2.00. The monoisotopic (exact) mass is 259 g/mol. The summed E-state index contributed by atoms with van der Waals surface area (Å²) in [5.74, 6) is 0.642. The van der Waals surface area contributed by atoms with Gasteiger partial charge in [-0.1, -0.05) is 35.5 Å². The second kappa shape index (κ2) is 6.18. The molecule has 1 aromatic carbocycles. The minimum atomic E-state index is -0.194. The molecule has 0 amide bonds. The van der Waals surface area contributed by atoms with Crippen molar-refractivity contribution in [2.24, 2.45) is 0 Å². The summed E-state index contributed by atoms with van der Waals surface area (Å²) in [6.45, 7) is 1.99. The number of aromatic nitrogens is 1. The number of nitrogens with zero attached hydrogens (tertiary/aromatic N) is 1. The van der Waals surface area contributed by atoms with Crippen molar-refractivity contribution < 1.29 is 14.1 Å². The molecule has 100 valence electrons. The number of hydrogen-bond acceptors (Lipinski definition) is 4. The maximum Gasteiger partial charge on any atom is 0.305 e. The Morgan fingerprint density at radius 3 is 2.74 bits per heavy atom. The van der Waals surface area contributed by atoms with Crippen LogP contribution in [0, 0.1) is 6.92 Å². The van der Waals surface area contributed by atoms with E-state index in [9.17, 15) is 4.79 Å². The van der Waals surface area contributed by atoms with E-state index < -0.39 is 0 Å². The third kappa shape index (κ3) is 3.22. The molecule has 0 aliphatic heterocycles. The third-order valence-corrected chi connectivity index (χ3v) is 3.08. The molecule has 0 atom stereocenters. The highest BCUT2D eigenvalue weighted by Crippen LogP contribution is 2.25. The molecular weight excluding hydrogens is 242 g/mol. The second-order valence-electron chi connectivity index (χ2n) is 4.38. The molecule has 0 aliphatic carbocycles. The Morgan fingerprint density at radius 2 is 2.05 bits per heavy atom. The van der Waals surface area contributed by atoms with E-state index in [-0.39, 0.29) is 5.97 Å². The van der Waals surface area contributed by atoms with Gasteiger partial charge in [-0.2, -0.15) is 0 Å². The molecule has 2 rings (SSSR count). The zero-order valence-electron chi connectivity index (χ0n) is 11.2. The second-order valence-corrected chi connectivity index (χ2v) is 4.38. The first-order valence-corrected chi connectivity index (χ1v) is 6.29. The van der Waals surface area contributed by atoms with E-state index in [4.69, 9.17) is 4.52 Å². The van der Waals surface area contributed by atoms with E-state index in [1.54, 1.807) is 0 Å². The molecule has 0 fully saturated rings. The van der Waals surface area contributed by atoms with Crippen LogP contribution in [0.15, 0.2) is 34.9 Å². The zero-order valence-corrected chi connectivity index (χ0v) is 11.2. The Hall–Kier alpha value is -2.10. The molecule has 0 saturated heterocycles. The fourth-order valence-electron chi connectivity index (χ4n) is 1.96. The van der Waals surface area contributed by atoms with E-state index in [1.807, 2.05) is 37.3 Å². The standard InChI is InChI=1S/C15H17NO3/c1-11-13(9-6-10-14(17)18-2)19-16-15(11)12-7-4-3-5-8-12/h3-5,7-8H,6,9-10H2,1-2H3. The van der Waals surface area contributed by atoms with E-state index >= 15 is 0 Å². The lowest BCUT2D eigenvalue weighted by atomic mass is 10.1. The normalized spacial score (nSPS) is 10.4. The number of aryl methyl sites for hydroxylation is 1. The number of benzene rings is 1. The van der Waals surface area contributed by atoms with Crippen molar-refractivity contribution in [3.8, 4) is 11.3 Å². The van der Waals surface area contributed by atoms with Gasteiger partial charge in [-0.3, -0.25) is 4.79 Å². The lowest BCUT2D eigenvalue weighted by molar-refractivity contribution is -0.140. The maximum atomic E-state index is 11.0. The number of esters is 1. The largest absolute Gasteiger partial charge is 0.469 e. The molecule has 1 heterocycles. The molecule has 0 aliphatic rings. The van der Waals surface area contributed by atoms with Crippen molar-refractivity contribution in [3.05, 3.63) is 41.7 Å². The van der Waals surface area contributed by atoms with Gasteiger partial charge in [0.1, 0.15) is 11.5 Å². The molecule has 4 heteroatoms. The van der Waals surface area contributed by atoms with Gasteiger partial charge in [-0.15, -0.1) is 0 Å². The summed E-state index contributed by atoms with van der Waals surface area (Å²) in [5.41, 5.74) is 2.95. The summed E-state index contributed by atoms with van der Waals surface area (Å²) < 4.78 is 9.97. The Labute approximate surface area is 112 Å². The van der Waals surface area contributed by atoms with Gasteiger partial charge in [-0.05, 0) is 13.3 Å². The van der Waals surface area contributed by atoms with E-state index in [1.165, 1.54) is 7.11 Å². The number of ether oxygens (including phenoxy) is 1. The molecule has 0 unspecified atom stereocenters. The SMILES string of the molecule is COC(=O)CCCc1onc(-c2ccccc2)c1C. The number of rotatable bonds is 5. The smallest absolute Gasteiger partial charge is 0.305 e. The van der Waals surface area contributed by atoms with E-state index in [0.717, 1.165) is 22.6 Å². The Morgan fingerprint density at radius 1 is 1.32 bits per heavy atom. The van der Waals surface area contributed by atoms with Crippen LogP contribution in [0.5, 0.6) is 0 Å². The summed E-state index contributed by atoms with van der Waals surface area (Å²) in [6.07, 6.45) is 1.80. The molecule has 0 N–H and O–H groups in total. The molecule has 19 heavy (non-hydrogen) atoms. The summed E-state index contributed by atoms with van der Waals surface area (Å²) >= 11 is 0. The fraction of sp³-hybridized carbons (Fsp3) is 0.333. The first-order chi connectivity index (χ1) is 9.22. The summed E-state index contributed by atoms with van der Waals surface area (Å²) in [5, 5.41) is 4.11. The molecule has 0 spiro atoms. The highest BCUT2D eigenvalue weighted by molar-refractivity contribution is 5.69. The van der Waals surface area contributed by atoms with Crippen LogP contribution in [0.3, 0.4) is 0 Å². The first kappa shape index (κ1) is 13.3. The minimum absolute atomic E-state index is 0.194. The molecule has 0 saturated carbocycles. The van der Waals surface area contributed by atoms with Gasteiger partial charge in [-0.25, -0.2) is 0 Å². The number of carbonyl (C=O) groups is 1. The minimum Gasteiger partial charge on any atom is -0.469 e. The van der Waals surface area contributed by atoms with E-state index in [2.05, 4.69) is 9.89 Å². The molecule has 0 bridgehead atoms. The predicted molar refractivity (Wildman–Crippen MR) is 71.6 cm³/mol. The quantitative estimate of drug-likeness (QED) is 0.774. The number of hydrogen-bond donors (Lipinski definition) is 0. The Kier molecular flexibility index (Phi) is 4.34. The maximum absolute atomic E-state index is 11.0. The lowest BCUT2D eigenvalue weighted by Gasteiger charge is -1.99. The van der Waals surface area contributed by atoms with Crippen LogP contribution in [0.4, 0.5) is 0 Å². The van der Waals surface area contributed by atoms with Crippen LogP contribution in [0.2, 0.25) is 0 Å². The number of carbonyl (C=O) groups excluding carboxylic acids is 1. The molecule has 4 nitrogen and oxygen atoms in total. The summed E-state index contributed by atoms with van der Waals surface area (Å²) in [4.78, 5) is 11.0. The van der Waals surface area contributed by atoms with Crippen LogP contribution in [-0.2, 0) is 16.0 Å². The average molecular weight is 259 g/mol. The van der Waals surface area contributed by atoms with Gasteiger partial charge in [0.2, 0.25) is 0 Å². The van der Waals surface area contributed by atoms with Crippen molar-refractivity contribution in [2.45, 2.75) is 26.2 Å². The van der Waals surface area contributed by atoms with Crippen LogP contribution < -0.4 is 0 Å². The van der Waals surface area contributed by atoms with Crippen molar-refractivity contribution >= 4 is 5.97 Å². The highest BCUT2D eigenvalue weighted by Gasteiger charge is 2.13. The van der Waals surface area contributed by atoms with Gasteiger partial charge in [0, 0.05) is 24.0 Å². The van der Waals surface area contributed by atoms with Crippen LogP contribution in [0.25, 0.3) is 11.3 Å². The van der Waals surface area contributed by atoms with Crippen LogP contribution in [0.1, 0.15) is 24.2 Å². The molecule has 0 radical (unpaired) electrons. The zero-order chi connectivity index (χ0) is 13.7. The predicted octanol–water partition coefficient (Wildman–Crippen LogP) is 3.15. The van der Waals surface area contributed by atoms with Crippen molar-refractivity contribution in [1.29, 1.82) is 0 Å². The highest BCUT2D eigenvalue weighted by atomic mass is 16.5. The summed E-state index contributed by atoms with van der Waals surface area (Å²) in [6, 6.07) is 9.92. The molecule has 1 aromatic heterocycles. The van der Waals surface area contributed by atoms with Crippen LogP contribution in [-0.4, -0.2) is 18.2 Å². The van der Waals surface area contributed by atoms with Crippen molar-refractivity contribution in [2.75, 3.05) is 7.11 Å². The van der Waals surface area contributed by atoms with Gasteiger partial charge < -0.3 is 9.26 Å². The van der Waals surface area contributed by atoms with E-state index in [0.29, 0.717) is 19.3 Å². The summed E-state index contributed by atoms with van der Waals surface area (Å²) in [7, 11) is 1.40. The fourth-order valence-corrected chi connectivity index (χ4v) is 1.96. The molecule has 2 aromatic rings. The van der Waals surface area contributed by atoms with Gasteiger partial charge >= 0.3 is 5.97 Å². The van der Waals surface area contributed by atoms with Gasteiger partial charge in [0.05, 0.1) is 7.11 Å². The van der Waals surface area contributed by atoms with Crippen molar-refractivity contribution in [3.63, 3.8) is 0 Å². The number of methoxy groups -OCH3 is 1. The van der Waals surface area contributed by atoms with Crippen molar-refractivity contribution in [1.82, 2.24) is 5.16 Å². The Balaban J connectivity index is 2.05. The van der Waals surface area contributed by atoms with Gasteiger partial charge in [0.15, 0.2) is 0 Å². The Bertz CT molecular complexity index is 546. The van der Waals surface area contributed by atoms with Gasteiger partial charge in [0.25, 0.3) is 0 Å². The average Bonchev–Trinajstić information content (AvgIpc) is 2.81. The van der Waals surface area contributed by atoms with Crippen LogP contribution >= 0.6 is 0 Å². The molecular formula is C15H17NO3. The first-order valence-electron chi connectivity index (χ1n) is 6.29. The third-order valence-electron chi connectivity index (χ3n) is 3.08. The topological polar surface area (TPSA) is 52.3 Å².